The molecular weight excluding hydrogens is 304 g/mol. The number of rotatable bonds is 6. The summed E-state index contributed by atoms with van der Waals surface area (Å²) >= 11 is 1.44. The number of hydrogen-bond acceptors (Lipinski definition) is 6. The summed E-state index contributed by atoms with van der Waals surface area (Å²) in [6, 6.07) is 6.21. The molecule has 8 heteroatoms. The van der Waals surface area contributed by atoms with Gasteiger partial charge in [-0.15, -0.1) is 11.3 Å². The standard InChI is InChI=1S/C14H16N4O3S/c1-9-10(2)22-14(16-9)17-13(19)8-15-7-11-3-5-12(6-4-11)18(20)21/h3-6,15H,7-8H2,1-2H3,(H,16,17,19). The number of carbonyl (C=O) groups is 1. The summed E-state index contributed by atoms with van der Waals surface area (Å²) in [5, 5.41) is 16.9. The summed E-state index contributed by atoms with van der Waals surface area (Å²) in [6.07, 6.45) is 0. The smallest absolute Gasteiger partial charge is 0.269 e. The van der Waals surface area contributed by atoms with Gasteiger partial charge in [-0.1, -0.05) is 12.1 Å². The quantitative estimate of drug-likeness (QED) is 0.629. The molecule has 0 bridgehead atoms. The van der Waals surface area contributed by atoms with Crippen molar-refractivity contribution in [3.63, 3.8) is 0 Å². The second-order valence-electron chi connectivity index (χ2n) is 4.74. The van der Waals surface area contributed by atoms with Crippen LogP contribution in [0.4, 0.5) is 10.8 Å². The molecule has 2 rings (SSSR count). The van der Waals surface area contributed by atoms with Crippen molar-refractivity contribution in [2.24, 2.45) is 0 Å². The average molecular weight is 320 g/mol. The number of hydrogen-bond donors (Lipinski definition) is 2. The number of non-ortho nitro benzene ring substituents is 1. The predicted molar refractivity (Wildman–Crippen MR) is 85.0 cm³/mol. The van der Waals surface area contributed by atoms with Gasteiger partial charge in [0.25, 0.3) is 5.69 Å². The van der Waals surface area contributed by atoms with Gasteiger partial charge in [-0.05, 0) is 19.4 Å². The number of nitro benzene ring substituents is 1. The molecule has 0 saturated carbocycles. The first kappa shape index (κ1) is 16.1. The second kappa shape index (κ2) is 7.10. The van der Waals surface area contributed by atoms with Crippen LogP contribution in [0.1, 0.15) is 16.1 Å². The third kappa shape index (κ3) is 4.34. The fourth-order valence-corrected chi connectivity index (χ4v) is 2.58. The van der Waals surface area contributed by atoms with E-state index >= 15 is 0 Å². The third-order valence-corrected chi connectivity index (χ3v) is 4.03. The van der Waals surface area contributed by atoms with Gasteiger partial charge in [0.1, 0.15) is 0 Å². The molecular formula is C14H16N4O3S. The minimum Gasteiger partial charge on any atom is -0.304 e. The molecule has 0 atom stereocenters. The van der Waals surface area contributed by atoms with Crippen molar-refractivity contribution in [1.82, 2.24) is 10.3 Å². The molecule has 1 aromatic heterocycles. The van der Waals surface area contributed by atoms with E-state index in [2.05, 4.69) is 15.6 Å². The van der Waals surface area contributed by atoms with Gasteiger partial charge < -0.3 is 10.6 Å². The van der Waals surface area contributed by atoms with Crippen molar-refractivity contribution in [2.75, 3.05) is 11.9 Å². The van der Waals surface area contributed by atoms with E-state index in [-0.39, 0.29) is 18.1 Å². The topological polar surface area (TPSA) is 97.2 Å². The van der Waals surface area contributed by atoms with Crippen molar-refractivity contribution in [3.05, 3.63) is 50.5 Å². The number of anilines is 1. The lowest BCUT2D eigenvalue weighted by molar-refractivity contribution is -0.384. The Hall–Kier alpha value is -2.32. The Morgan fingerprint density at radius 2 is 2.00 bits per heavy atom. The Morgan fingerprint density at radius 3 is 2.55 bits per heavy atom. The Kier molecular flexibility index (Phi) is 5.18. The molecule has 1 heterocycles. The minimum atomic E-state index is -0.442. The Labute approximate surface area is 131 Å². The summed E-state index contributed by atoms with van der Waals surface area (Å²) in [4.78, 5) is 27.2. The lowest BCUT2D eigenvalue weighted by Gasteiger charge is -2.04. The molecule has 0 unspecified atom stereocenters. The number of nitrogens with one attached hydrogen (secondary N) is 2. The Bertz CT molecular complexity index is 662. The van der Waals surface area contributed by atoms with Crippen LogP contribution in [0, 0.1) is 24.0 Å². The average Bonchev–Trinajstić information content (AvgIpc) is 2.77. The number of aryl methyl sites for hydroxylation is 2. The maximum absolute atomic E-state index is 11.8. The highest BCUT2D eigenvalue weighted by Gasteiger charge is 2.08. The number of nitrogens with zero attached hydrogens (tertiary/aromatic N) is 2. The summed E-state index contributed by atoms with van der Waals surface area (Å²) in [5.74, 6) is -0.171. The van der Waals surface area contributed by atoms with E-state index < -0.39 is 4.92 Å². The van der Waals surface area contributed by atoms with Gasteiger partial charge in [-0.2, -0.15) is 0 Å². The zero-order chi connectivity index (χ0) is 16.1. The van der Waals surface area contributed by atoms with Gasteiger partial charge in [0.05, 0.1) is 17.2 Å². The van der Waals surface area contributed by atoms with Gasteiger partial charge in [-0.25, -0.2) is 4.98 Å². The Balaban J connectivity index is 1.78. The number of carbonyl (C=O) groups excluding carboxylic acids is 1. The molecule has 0 aliphatic rings. The highest BCUT2D eigenvalue weighted by molar-refractivity contribution is 7.15. The molecule has 22 heavy (non-hydrogen) atoms. The molecule has 0 saturated heterocycles. The SMILES string of the molecule is Cc1nc(NC(=O)CNCc2ccc([N+](=O)[O-])cc2)sc1C. The number of nitro groups is 1. The second-order valence-corrected chi connectivity index (χ2v) is 5.94. The van der Waals surface area contributed by atoms with Gasteiger partial charge >= 0.3 is 0 Å². The zero-order valence-corrected chi connectivity index (χ0v) is 13.1. The fourth-order valence-electron chi connectivity index (χ4n) is 1.75. The number of aromatic nitrogens is 1. The number of benzene rings is 1. The molecule has 0 radical (unpaired) electrons. The fraction of sp³-hybridized carbons (Fsp3) is 0.286. The summed E-state index contributed by atoms with van der Waals surface area (Å²) < 4.78 is 0. The lowest BCUT2D eigenvalue weighted by atomic mass is 10.2. The monoisotopic (exact) mass is 320 g/mol. The maximum Gasteiger partial charge on any atom is 0.269 e. The molecule has 0 fully saturated rings. The highest BCUT2D eigenvalue weighted by atomic mass is 32.1. The molecule has 2 aromatic rings. The number of thiazole rings is 1. The van der Waals surface area contributed by atoms with Gasteiger partial charge in [0.15, 0.2) is 5.13 Å². The normalized spacial score (nSPS) is 10.5. The van der Waals surface area contributed by atoms with Crippen LogP contribution >= 0.6 is 11.3 Å². The van der Waals surface area contributed by atoms with Crippen LogP contribution in [0.25, 0.3) is 0 Å². The van der Waals surface area contributed by atoms with E-state index in [9.17, 15) is 14.9 Å². The van der Waals surface area contributed by atoms with Crippen LogP contribution in [0.5, 0.6) is 0 Å². The summed E-state index contributed by atoms with van der Waals surface area (Å²) in [5.41, 5.74) is 1.84. The molecule has 0 aliphatic carbocycles. The molecule has 1 aromatic carbocycles. The van der Waals surface area contributed by atoms with Crippen LogP contribution in [0.3, 0.4) is 0 Å². The Morgan fingerprint density at radius 1 is 1.32 bits per heavy atom. The predicted octanol–water partition coefficient (Wildman–Crippen LogP) is 2.40. The first-order valence-electron chi connectivity index (χ1n) is 6.63. The van der Waals surface area contributed by atoms with E-state index in [1.165, 1.54) is 23.5 Å². The third-order valence-electron chi connectivity index (χ3n) is 3.04. The van der Waals surface area contributed by atoms with Crippen molar-refractivity contribution < 1.29 is 9.72 Å². The zero-order valence-electron chi connectivity index (χ0n) is 12.3. The van der Waals surface area contributed by atoms with E-state index in [1.54, 1.807) is 12.1 Å². The van der Waals surface area contributed by atoms with Gasteiger partial charge in [-0.3, -0.25) is 14.9 Å². The van der Waals surface area contributed by atoms with Crippen molar-refractivity contribution in [2.45, 2.75) is 20.4 Å². The van der Waals surface area contributed by atoms with E-state index in [0.29, 0.717) is 11.7 Å². The summed E-state index contributed by atoms with van der Waals surface area (Å²) in [6.45, 7) is 4.46. The summed E-state index contributed by atoms with van der Waals surface area (Å²) in [7, 11) is 0. The molecule has 0 spiro atoms. The lowest BCUT2D eigenvalue weighted by Crippen LogP contribution is -2.27. The van der Waals surface area contributed by atoms with Crippen molar-refractivity contribution >= 4 is 28.1 Å². The minimum absolute atomic E-state index is 0.0519. The first-order valence-corrected chi connectivity index (χ1v) is 7.45. The van der Waals surface area contributed by atoms with Crippen LogP contribution in [-0.2, 0) is 11.3 Å². The van der Waals surface area contributed by atoms with Crippen LogP contribution in [-0.4, -0.2) is 22.4 Å². The molecule has 116 valence electrons. The van der Waals surface area contributed by atoms with Crippen LogP contribution in [0.2, 0.25) is 0 Å². The van der Waals surface area contributed by atoms with Crippen LogP contribution < -0.4 is 10.6 Å². The molecule has 2 N–H and O–H groups in total. The number of amides is 1. The molecule has 1 amide bonds. The highest BCUT2D eigenvalue weighted by Crippen LogP contribution is 2.20. The van der Waals surface area contributed by atoms with Crippen molar-refractivity contribution in [1.29, 1.82) is 0 Å². The first-order chi connectivity index (χ1) is 10.5. The van der Waals surface area contributed by atoms with E-state index in [4.69, 9.17) is 0 Å². The van der Waals surface area contributed by atoms with Crippen molar-refractivity contribution in [3.8, 4) is 0 Å². The van der Waals surface area contributed by atoms with Crippen LogP contribution in [0.15, 0.2) is 24.3 Å². The van der Waals surface area contributed by atoms with E-state index in [1.807, 2.05) is 13.8 Å². The van der Waals surface area contributed by atoms with Gasteiger partial charge in [0.2, 0.25) is 5.91 Å². The maximum atomic E-state index is 11.8. The largest absolute Gasteiger partial charge is 0.304 e. The van der Waals surface area contributed by atoms with Gasteiger partial charge in [0, 0.05) is 23.6 Å². The molecule has 7 nitrogen and oxygen atoms in total. The molecule has 0 aliphatic heterocycles. The van der Waals surface area contributed by atoms with E-state index in [0.717, 1.165) is 16.1 Å².